The third-order valence-corrected chi connectivity index (χ3v) is 3.83. The number of hydrogen-bond acceptors (Lipinski definition) is 2. The fraction of sp³-hybridized carbons (Fsp3) is 0.250. The summed E-state index contributed by atoms with van der Waals surface area (Å²) in [6.07, 6.45) is 0. The summed E-state index contributed by atoms with van der Waals surface area (Å²) in [5.74, 6) is -0.268. The Hall–Kier alpha value is -1.58. The predicted molar refractivity (Wildman–Crippen MR) is 82.6 cm³/mol. The number of nitrogens with two attached hydrogens (primary N) is 1. The molecule has 2 aromatic rings. The Morgan fingerprint density at radius 1 is 1.25 bits per heavy atom. The van der Waals surface area contributed by atoms with Gasteiger partial charge >= 0.3 is 0 Å². The largest absolute Gasteiger partial charge is 0.367 e. The van der Waals surface area contributed by atoms with Crippen LogP contribution in [-0.4, -0.2) is 7.05 Å². The van der Waals surface area contributed by atoms with Gasteiger partial charge in [0.2, 0.25) is 0 Å². The third kappa shape index (κ3) is 2.94. The smallest absolute Gasteiger partial charge is 0.129 e. The molecule has 0 amide bonds. The Balaban J connectivity index is 2.36. The van der Waals surface area contributed by atoms with Crippen LogP contribution < -0.4 is 10.6 Å². The van der Waals surface area contributed by atoms with E-state index in [-0.39, 0.29) is 18.4 Å². The number of halogens is 2. The first-order chi connectivity index (χ1) is 9.54. The molecule has 0 bridgehead atoms. The Labute approximate surface area is 124 Å². The van der Waals surface area contributed by atoms with E-state index >= 15 is 0 Å². The van der Waals surface area contributed by atoms with Gasteiger partial charge in [-0.2, -0.15) is 0 Å². The lowest BCUT2D eigenvalue weighted by Crippen LogP contribution is -2.24. The van der Waals surface area contributed by atoms with Crippen LogP contribution in [0.15, 0.2) is 42.5 Å². The molecule has 0 aliphatic rings. The van der Waals surface area contributed by atoms with E-state index in [1.807, 2.05) is 42.3 Å². The van der Waals surface area contributed by atoms with Gasteiger partial charge in [0.25, 0.3) is 0 Å². The maximum absolute atomic E-state index is 13.8. The number of hydrogen-bond donors (Lipinski definition) is 1. The van der Waals surface area contributed by atoms with Crippen molar-refractivity contribution in [1.82, 2.24) is 0 Å². The van der Waals surface area contributed by atoms with Gasteiger partial charge in [-0.25, -0.2) is 4.39 Å². The van der Waals surface area contributed by atoms with Crippen LogP contribution >= 0.6 is 11.6 Å². The highest BCUT2D eigenvalue weighted by atomic mass is 35.5. The molecule has 1 atom stereocenters. The van der Waals surface area contributed by atoms with Gasteiger partial charge in [-0.3, -0.25) is 0 Å². The molecule has 0 heterocycles. The monoisotopic (exact) mass is 292 g/mol. The Bertz CT molecular complexity index is 601. The summed E-state index contributed by atoms with van der Waals surface area (Å²) < 4.78 is 13.8. The molecular formula is C16H18ClFN2. The highest BCUT2D eigenvalue weighted by Crippen LogP contribution is 2.30. The average molecular weight is 293 g/mol. The van der Waals surface area contributed by atoms with Crippen molar-refractivity contribution in [2.45, 2.75) is 19.5 Å². The highest BCUT2D eigenvalue weighted by molar-refractivity contribution is 6.30. The van der Waals surface area contributed by atoms with E-state index < -0.39 is 0 Å². The summed E-state index contributed by atoms with van der Waals surface area (Å²) in [5, 5.41) is 0.695. The summed E-state index contributed by atoms with van der Waals surface area (Å²) >= 11 is 6.02. The number of anilines is 1. The summed E-state index contributed by atoms with van der Waals surface area (Å²) in [6.45, 7) is 2.23. The topological polar surface area (TPSA) is 29.3 Å². The first-order valence-electron chi connectivity index (χ1n) is 6.50. The zero-order valence-electron chi connectivity index (χ0n) is 11.6. The average Bonchev–Trinajstić information content (AvgIpc) is 2.45. The molecule has 0 radical (unpaired) electrons. The van der Waals surface area contributed by atoms with Crippen molar-refractivity contribution in [3.63, 3.8) is 0 Å². The molecule has 2 rings (SSSR count). The molecule has 1 unspecified atom stereocenters. The van der Waals surface area contributed by atoms with Crippen LogP contribution in [0.25, 0.3) is 0 Å². The lowest BCUT2D eigenvalue weighted by atomic mass is 10.0. The minimum Gasteiger partial charge on any atom is -0.367 e. The van der Waals surface area contributed by atoms with Gasteiger partial charge in [-0.05, 0) is 36.8 Å². The van der Waals surface area contributed by atoms with E-state index in [0.717, 1.165) is 11.3 Å². The molecule has 0 saturated heterocycles. The fourth-order valence-electron chi connectivity index (χ4n) is 2.28. The molecule has 0 aliphatic carbocycles. The quantitative estimate of drug-likeness (QED) is 0.918. The first kappa shape index (κ1) is 14.8. The number of benzene rings is 2. The van der Waals surface area contributed by atoms with Gasteiger partial charge in [-0.1, -0.05) is 29.8 Å². The van der Waals surface area contributed by atoms with Crippen LogP contribution in [0.4, 0.5) is 10.1 Å². The lowest BCUT2D eigenvalue weighted by molar-refractivity contribution is 0.607. The van der Waals surface area contributed by atoms with Crippen LogP contribution in [0.5, 0.6) is 0 Å². The van der Waals surface area contributed by atoms with E-state index in [0.29, 0.717) is 10.6 Å². The molecule has 2 aromatic carbocycles. The molecule has 0 spiro atoms. The molecule has 0 aromatic heterocycles. The van der Waals surface area contributed by atoms with Gasteiger partial charge in [-0.15, -0.1) is 0 Å². The highest BCUT2D eigenvalue weighted by Gasteiger charge is 2.17. The van der Waals surface area contributed by atoms with E-state index in [1.54, 1.807) is 6.07 Å². The normalized spacial score (nSPS) is 12.2. The van der Waals surface area contributed by atoms with Gasteiger partial charge in [0.1, 0.15) is 5.82 Å². The van der Waals surface area contributed by atoms with Crippen LogP contribution in [-0.2, 0) is 6.54 Å². The summed E-state index contributed by atoms with van der Waals surface area (Å²) in [5.41, 5.74) is 8.08. The molecular weight excluding hydrogens is 275 g/mol. The number of nitrogens with zero attached hydrogens (tertiary/aromatic N) is 1. The van der Waals surface area contributed by atoms with Crippen molar-refractivity contribution in [2.75, 3.05) is 11.9 Å². The standard InChI is InChI=1S/C16H18ClFN2/c1-11(12-5-3-6-13(17)9-12)20(2)16-8-4-7-15(18)14(16)10-19/h3-9,11H,10,19H2,1-2H3. The van der Waals surface area contributed by atoms with Crippen LogP contribution in [0.3, 0.4) is 0 Å². The molecule has 0 aliphatic heterocycles. The van der Waals surface area contributed by atoms with Crippen molar-refractivity contribution in [3.8, 4) is 0 Å². The van der Waals surface area contributed by atoms with E-state index in [1.165, 1.54) is 6.07 Å². The van der Waals surface area contributed by atoms with Gasteiger partial charge < -0.3 is 10.6 Å². The van der Waals surface area contributed by atoms with E-state index in [4.69, 9.17) is 17.3 Å². The molecule has 20 heavy (non-hydrogen) atoms. The first-order valence-corrected chi connectivity index (χ1v) is 6.88. The molecule has 0 fully saturated rings. The SMILES string of the molecule is CC(c1cccc(Cl)c1)N(C)c1cccc(F)c1CN. The minimum absolute atomic E-state index is 0.0702. The maximum atomic E-state index is 13.8. The zero-order chi connectivity index (χ0) is 14.7. The van der Waals surface area contributed by atoms with Gasteiger partial charge in [0.05, 0.1) is 6.04 Å². The van der Waals surface area contributed by atoms with E-state index in [2.05, 4.69) is 6.92 Å². The van der Waals surface area contributed by atoms with Crippen molar-refractivity contribution in [1.29, 1.82) is 0 Å². The third-order valence-electron chi connectivity index (χ3n) is 3.59. The lowest BCUT2D eigenvalue weighted by Gasteiger charge is -2.29. The van der Waals surface area contributed by atoms with Crippen molar-refractivity contribution in [2.24, 2.45) is 5.73 Å². The summed E-state index contributed by atoms with van der Waals surface area (Å²) in [7, 11) is 1.93. The van der Waals surface area contributed by atoms with Gasteiger partial charge in [0, 0.05) is 29.9 Å². The van der Waals surface area contributed by atoms with Crippen molar-refractivity contribution < 1.29 is 4.39 Å². The molecule has 2 N–H and O–H groups in total. The fourth-order valence-corrected chi connectivity index (χ4v) is 2.48. The van der Waals surface area contributed by atoms with Crippen molar-refractivity contribution >= 4 is 17.3 Å². The van der Waals surface area contributed by atoms with Gasteiger partial charge in [0.15, 0.2) is 0 Å². The Morgan fingerprint density at radius 3 is 2.60 bits per heavy atom. The second-order valence-electron chi connectivity index (χ2n) is 4.78. The zero-order valence-corrected chi connectivity index (χ0v) is 12.4. The van der Waals surface area contributed by atoms with Crippen LogP contribution in [0.1, 0.15) is 24.1 Å². The minimum atomic E-state index is -0.268. The van der Waals surface area contributed by atoms with Crippen LogP contribution in [0.2, 0.25) is 5.02 Å². The number of rotatable bonds is 4. The Kier molecular flexibility index (Phi) is 4.63. The Morgan fingerprint density at radius 2 is 1.95 bits per heavy atom. The molecule has 2 nitrogen and oxygen atoms in total. The summed E-state index contributed by atoms with van der Waals surface area (Å²) in [4.78, 5) is 2.01. The maximum Gasteiger partial charge on any atom is 0.129 e. The molecule has 4 heteroatoms. The van der Waals surface area contributed by atoms with Crippen molar-refractivity contribution in [3.05, 3.63) is 64.4 Å². The van der Waals surface area contributed by atoms with Crippen LogP contribution in [0, 0.1) is 5.82 Å². The molecule has 106 valence electrons. The predicted octanol–water partition coefficient (Wildman–Crippen LogP) is 4.14. The summed E-state index contributed by atoms with van der Waals surface area (Å²) in [6, 6.07) is 12.8. The second-order valence-corrected chi connectivity index (χ2v) is 5.22. The van der Waals surface area contributed by atoms with E-state index in [9.17, 15) is 4.39 Å². The molecule has 0 saturated carbocycles. The second kappa shape index (κ2) is 6.25.